The molecule has 0 amide bonds. The highest BCUT2D eigenvalue weighted by molar-refractivity contribution is 7.07. The van der Waals surface area contributed by atoms with Crippen LogP contribution in [0, 0.1) is 0 Å². The molecule has 0 saturated carbocycles. The van der Waals surface area contributed by atoms with Crippen molar-refractivity contribution < 1.29 is 19.0 Å². The number of thiazole rings is 1. The largest absolute Gasteiger partial charge is 0.493 e. The lowest BCUT2D eigenvalue weighted by atomic mass is 9.95. The summed E-state index contributed by atoms with van der Waals surface area (Å²) >= 11 is 1.30. The molecule has 8 nitrogen and oxygen atoms in total. The van der Waals surface area contributed by atoms with E-state index in [9.17, 15) is 9.59 Å². The van der Waals surface area contributed by atoms with E-state index in [1.807, 2.05) is 31.2 Å². The summed E-state index contributed by atoms with van der Waals surface area (Å²) in [6, 6.07) is 12.9. The van der Waals surface area contributed by atoms with Crippen LogP contribution in [-0.2, 0) is 9.53 Å². The number of rotatable bonds is 10. The van der Waals surface area contributed by atoms with Crippen LogP contribution in [0.5, 0.6) is 11.5 Å². The second-order valence-electron chi connectivity index (χ2n) is 8.91. The van der Waals surface area contributed by atoms with Gasteiger partial charge in [-0.15, -0.1) is 0 Å². The fraction of sp³-hybridized carbons (Fsp3) is 0.367. The number of carbonyl (C=O) groups excluding carboxylic acids is 1. The van der Waals surface area contributed by atoms with Gasteiger partial charge in [-0.1, -0.05) is 29.5 Å². The Balaban J connectivity index is 1.87. The topological polar surface area (TPSA) is 82.4 Å². The van der Waals surface area contributed by atoms with Gasteiger partial charge < -0.3 is 19.1 Å². The van der Waals surface area contributed by atoms with E-state index in [1.165, 1.54) is 11.3 Å². The van der Waals surface area contributed by atoms with Crippen LogP contribution in [0.2, 0.25) is 0 Å². The molecule has 1 aliphatic rings. The first-order valence-corrected chi connectivity index (χ1v) is 14.0. The minimum atomic E-state index is -0.725. The average Bonchev–Trinajstić information content (AvgIpc) is 3.24. The summed E-state index contributed by atoms with van der Waals surface area (Å²) in [4.78, 5) is 34.5. The molecule has 0 spiro atoms. The third-order valence-corrected chi connectivity index (χ3v) is 7.62. The number of fused-ring (bicyclic) bond motifs is 1. The van der Waals surface area contributed by atoms with Crippen molar-refractivity contribution in [3.8, 4) is 11.5 Å². The lowest BCUT2D eigenvalue weighted by molar-refractivity contribution is -0.139. The van der Waals surface area contributed by atoms with Crippen molar-refractivity contribution in [2.75, 3.05) is 38.3 Å². The van der Waals surface area contributed by atoms with E-state index in [2.05, 4.69) is 35.9 Å². The zero-order valence-corrected chi connectivity index (χ0v) is 24.1. The first-order valence-electron chi connectivity index (χ1n) is 13.2. The molecule has 39 heavy (non-hydrogen) atoms. The summed E-state index contributed by atoms with van der Waals surface area (Å²) < 4.78 is 18.8. The van der Waals surface area contributed by atoms with Gasteiger partial charge in [0.05, 0.1) is 42.2 Å². The summed E-state index contributed by atoms with van der Waals surface area (Å²) in [5, 5.41) is 0. The molecule has 0 N–H and O–H groups in total. The molecular formula is C30H35N3O5S. The van der Waals surface area contributed by atoms with E-state index in [1.54, 1.807) is 37.7 Å². The quantitative estimate of drug-likeness (QED) is 0.355. The van der Waals surface area contributed by atoms with Gasteiger partial charge in [0.1, 0.15) is 0 Å². The number of carbonyl (C=O) groups is 1. The van der Waals surface area contributed by atoms with Crippen molar-refractivity contribution in [2.24, 2.45) is 4.99 Å². The number of nitrogens with zero attached hydrogens (tertiary/aromatic N) is 3. The van der Waals surface area contributed by atoms with Gasteiger partial charge in [-0.2, -0.15) is 0 Å². The number of aromatic nitrogens is 1. The average molecular weight is 550 g/mol. The number of anilines is 1. The smallest absolute Gasteiger partial charge is 0.338 e. The van der Waals surface area contributed by atoms with Crippen molar-refractivity contribution >= 4 is 29.1 Å². The molecular weight excluding hydrogens is 514 g/mol. The standard InChI is InChI=1S/C30H35N3O5S/c1-7-32(8-2)22-14-11-20(12-15-22)17-25-28(34)33-27(21-13-16-23(37-9-3)24(18-21)36-6)26(29(35)38-10-4)19(5)31-30(33)39-25/h11-18,27H,7-10H2,1-6H3/b25-17-. The van der Waals surface area contributed by atoms with Gasteiger partial charge in [0, 0.05) is 18.8 Å². The third kappa shape index (κ3) is 5.63. The predicted octanol–water partition coefficient (Wildman–Crippen LogP) is 4.05. The van der Waals surface area contributed by atoms with Crippen molar-refractivity contribution in [3.05, 3.63) is 84.5 Å². The Morgan fingerprint density at radius 2 is 1.77 bits per heavy atom. The lowest BCUT2D eigenvalue weighted by Crippen LogP contribution is -2.40. The van der Waals surface area contributed by atoms with Crippen molar-refractivity contribution in [2.45, 2.75) is 40.7 Å². The number of allylic oxidation sites excluding steroid dienone is 1. The first-order chi connectivity index (χ1) is 18.9. The zero-order valence-electron chi connectivity index (χ0n) is 23.3. The molecule has 9 heteroatoms. The second kappa shape index (κ2) is 12.3. The molecule has 1 unspecified atom stereocenters. The van der Waals surface area contributed by atoms with E-state index in [0.29, 0.717) is 44.3 Å². The highest BCUT2D eigenvalue weighted by atomic mass is 32.1. The molecule has 1 atom stereocenters. The predicted molar refractivity (Wildman–Crippen MR) is 155 cm³/mol. The molecule has 2 aromatic carbocycles. The van der Waals surface area contributed by atoms with Gasteiger partial charge in [-0.25, -0.2) is 9.79 Å². The highest BCUT2D eigenvalue weighted by Gasteiger charge is 2.34. The Morgan fingerprint density at radius 1 is 1.05 bits per heavy atom. The van der Waals surface area contributed by atoms with Crippen LogP contribution in [0.25, 0.3) is 6.08 Å². The van der Waals surface area contributed by atoms with E-state index in [4.69, 9.17) is 14.2 Å². The third-order valence-electron chi connectivity index (χ3n) is 6.64. The van der Waals surface area contributed by atoms with Crippen molar-refractivity contribution in [3.63, 3.8) is 0 Å². The monoisotopic (exact) mass is 549 g/mol. The van der Waals surface area contributed by atoms with Crippen LogP contribution in [0.1, 0.15) is 51.8 Å². The molecule has 0 saturated heterocycles. The van der Waals surface area contributed by atoms with Crippen LogP contribution < -0.4 is 29.3 Å². The molecule has 0 bridgehead atoms. The maximum absolute atomic E-state index is 13.9. The SMILES string of the molecule is CCOC(=O)C1=C(C)N=c2s/c(=C\c3ccc(N(CC)CC)cc3)c(=O)n2C1c1ccc(OCC)c(OC)c1. The van der Waals surface area contributed by atoms with Crippen molar-refractivity contribution in [1.82, 2.24) is 4.57 Å². The van der Waals surface area contributed by atoms with Crippen LogP contribution in [0.4, 0.5) is 5.69 Å². The van der Waals surface area contributed by atoms with Gasteiger partial charge in [0.15, 0.2) is 16.3 Å². The van der Waals surface area contributed by atoms with Gasteiger partial charge in [0.2, 0.25) is 0 Å². The second-order valence-corrected chi connectivity index (χ2v) is 9.92. The summed E-state index contributed by atoms with van der Waals surface area (Å²) in [7, 11) is 1.56. The number of methoxy groups -OCH3 is 1. The fourth-order valence-electron chi connectivity index (χ4n) is 4.76. The molecule has 0 aliphatic carbocycles. The Bertz CT molecular complexity index is 1550. The van der Waals surface area contributed by atoms with Crippen LogP contribution in [-0.4, -0.2) is 43.9 Å². The molecule has 1 aromatic heterocycles. The van der Waals surface area contributed by atoms with Crippen LogP contribution in [0.3, 0.4) is 0 Å². The number of ether oxygens (including phenoxy) is 3. The van der Waals surface area contributed by atoms with Gasteiger partial charge >= 0.3 is 5.97 Å². The van der Waals surface area contributed by atoms with E-state index in [-0.39, 0.29) is 12.2 Å². The summed E-state index contributed by atoms with van der Waals surface area (Å²) in [6.07, 6.45) is 1.87. The Hall–Kier alpha value is -3.85. The minimum absolute atomic E-state index is 0.211. The molecule has 1 aliphatic heterocycles. The molecule has 0 radical (unpaired) electrons. The maximum Gasteiger partial charge on any atom is 0.338 e. The summed E-state index contributed by atoms with van der Waals surface area (Å²) in [6.45, 7) is 12.2. The molecule has 2 heterocycles. The number of hydrogen-bond donors (Lipinski definition) is 0. The normalized spacial score (nSPS) is 15.0. The van der Waals surface area contributed by atoms with Crippen LogP contribution in [0.15, 0.2) is 63.5 Å². The minimum Gasteiger partial charge on any atom is -0.493 e. The lowest BCUT2D eigenvalue weighted by Gasteiger charge is -2.25. The Labute approximate surface area is 232 Å². The van der Waals surface area contributed by atoms with E-state index in [0.717, 1.165) is 24.3 Å². The molecule has 4 rings (SSSR count). The number of esters is 1. The van der Waals surface area contributed by atoms with Crippen molar-refractivity contribution in [1.29, 1.82) is 0 Å². The Kier molecular flexibility index (Phi) is 8.91. The van der Waals surface area contributed by atoms with E-state index < -0.39 is 12.0 Å². The van der Waals surface area contributed by atoms with Crippen LogP contribution >= 0.6 is 11.3 Å². The maximum atomic E-state index is 13.9. The number of hydrogen-bond acceptors (Lipinski definition) is 8. The first kappa shape index (κ1) is 28.2. The molecule has 206 valence electrons. The number of benzene rings is 2. The van der Waals surface area contributed by atoms with Gasteiger partial charge in [0.25, 0.3) is 5.56 Å². The molecule has 3 aromatic rings. The zero-order chi connectivity index (χ0) is 28.1. The summed E-state index contributed by atoms with van der Waals surface area (Å²) in [5.74, 6) is 0.600. The highest BCUT2D eigenvalue weighted by Crippen LogP contribution is 2.36. The van der Waals surface area contributed by atoms with E-state index >= 15 is 0 Å². The Morgan fingerprint density at radius 3 is 2.38 bits per heavy atom. The fourth-order valence-corrected chi connectivity index (χ4v) is 5.80. The van der Waals surface area contributed by atoms with Gasteiger partial charge in [-0.3, -0.25) is 9.36 Å². The molecule has 0 fully saturated rings. The summed E-state index contributed by atoms with van der Waals surface area (Å²) in [5.41, 5.74) is 3.37. The van der Waals surface area contributed by atoms with Gasteiger partial charge in [-0.05, 0) is 76.1 Å².